The largest absolute Gasteiger partial charge is 0.481 e. The third-order valence-electron chi connectivity index (χ3n) is 2.69. The van der Waals surface area contributed by atoms with Crippen molar-refractivity contribution in [3.63, 3.8) is 0 Å². The number of rotatable bonds is 5. The number of nitrogens with one attached hydrogen (secondary N) is 1. The van der Waals surface area contributed by atoms with Crippen LogP contribution in [0.4, 0.5) is 0 Å². The summed E-state index contributed by atoms with van der Waals surface area (Å²) in [5, 5.41) is 11.6. The summed E-state index contributed by atoms with van der Waals surface area (Å²) in [6, 6.07) is -0.00985. The van der Waals surface area contributed by atoms with E-state index < -0.39 is 5.97 Å². The standard InChI is InChI=1S/C11H19NO4/c1-7(2)16-6-10(13)12-9-4-3-8(5-9)11(14)15/h7-9H,3-6H2,1-2H3,(H,12,13)(H,14,15)/t8-,9+/m0/s1. The van der Waals surface area contributed by atoms with Gasteiger partial charge in [-0.25, -0.2) is 0 Å². The zero-order valence-corrected chi connectivity index (χ0v) is 9.73. The van der Waals surface area contributed by atoms with Gasteiger partial charge in [0.2, 0.25) is 5.91 Å². The maximum atomic E-state index is 11.4. The molecule has 92 valence electrons. The molecular formula is C11H19NO4. The van der Waals surface area contributed by atoms with Crippen LogP contribution in [-0.2, 0) is 14.3 Å². The van der Waals surface area contributed by atoms with Crippen LogP contribution in [0.15, 0.2) is 0 Å². The summed E-state index contributed by atoms with van der Waals surface area (Å²) >= 11 is 0. The molecule has 16 heavy (non-hydrogen) atoms. The smallest absolute Gasteiger partial charge is 0.306 e. The van der Waals surface area contributed by atoms with Gasteiger partial charge in [-0.05, 0) is 33.1 Å². The van der Waals surface area contributed by atoms with E-state index in [1.54, 1.807) is 0 Å². The van der Waals surface area contributed by atoms with Crippen LogP contribution < -0.4 is 5.32 Å². The van der Waals surface area contributed by atoms with Crippen LogP contribution in [0.2, 0.25) is 0 Å². The lowest BCUT2D eigenvalue weighted by molar-refractivity contribution is -0.141. The van der Waals surface area contributed by atoms with Crippen LogP contribution in [0.5, 0.6) is 0 Å². The van der Waals surface area contributed by atoms with Gasteiger partial charge in [-0.1, -0.05) is 0 Å². The SMILES string of the molecule is CC(C)OCC(=O)N[C@@H]1CC[C@H](C(=O)O)C1. The van der Waals surface area contributed by atoms with Gasteiger partial charge in [0.1, 0.15) is 6.61 Å². The van der Waals surface area contributed by atoms with Crippen molar-refractivity contribution < 1.29 is 19.4 Å². The van der Waals surface area contributed by atoms with Crippen molar-refractivity contribution >= 4 is 11.9 Å². The second-order valence-corrected chi connectivity index (χ2v) is 4.47. The van der Waals surface area contributed by atoms with Gasteiger partial charge < -0.3 is 15.2 Å². The first-order chi connectivity index (χ1) is 7.49. The number of hydrogen-bond donors (Lipinski definition) is 2. The van der Waals surface area contributed by atoms with Gasteiger partial charge >= 0.3 is 5.97 Å². The van der Waals surface area contributed by atoms with Gasteiger partial charge in [-0.3, -0.25) is 9.59 Å². The molecule has 0 saturated heterocycles. The zero-order valence-electron chi connectivity index (χ0n) is 9.73. The van der Waals surface area contributed by atoms with Crippen molar-refractivity contribution in [2.24, 2.45) is 5.92 Å². The second kappa shape index (κ2) is 5.84. The molecule has 0 radical (unpaired) electrons. The van der Waals surface area contributed by atoms with E-state index >= 15 is 0 Å². The molecule has 1 aliphatic rings. The molecule has 0 aromatic carbocycles. The first-order valence-electron chi connectivity index (χ1n) is 5.62. The number of hydrogen-bond acceptors (Lipinski definition) is 3. The van der Waals surface area contributed by atoms with E-state index in [0.717, 1.165) is 6.42 Å². The second-order valence-electron chi connectivity index (χ2n) is 4.47. The quantitative estimate of drug-likeness (QED) is 0.730. The van der Waals surface area contributed by atoms with E-state index in [9.17, 15) is 9.59 Å². The molecule has 0 spiro atoms. The van der Waals surface area contributed by atoms with Gasteiger partial charge in [-0.15, -0.1) is 0 Å². The van der Waals surface area contributed by atoms with Crippen molar-refractivity contribution in [3.8, 4) is 0 Å². The molecule has 0 aromatic rings. The van der Waals surface area contributed by atoms with Crippen LogP contribution in [0.25, 0.3) is 0 Å². The highest BCUT2D eigenvalue weighted by atomic mass is 16.5. The average Bonchev–Trinajstić information content (AvgIpc) is 2.63. The van der Waals surface area contributed by atoms with Crippen LogP contribution in [0.1, 0.15) is 33.1 Å². The minimum Gasteiger partial charge on any atom is -0.481 e. The zero-order chi connectivity index (χ0) is 12.1. The average molecular weight is 229 g/mol. The maximum Gasteiger partial charge on any atom is 0.306 e. The van der Waals surface area contributed by atoms with E-state index in [-0.39, 0.29) is 30.6 Å². The first-order valence-corrected chi connectivity index (χ1v) is 5.62. The third kappa shape index (κ3) is 4.18. The number of carbonyl (C=O) groups is 2. The Hall–Kier alpha value is -1.10. The lowest BCUT2D eigenvalue weighted by Gasteiger charge is -2.13. The van der Waals surface area contributed by atoms with Crippen molar-refractivity contribution in [1.82, 2.24) is 5.32 Å². The molecular weight excluding hydrogens is 210 g/mol. The van der Waals surface area contributed by atoms with Crippen LogP contribution in [-0.4, -0.2) is 35.7 Å². The fourth-order valence-corrected chi connectivity index (χ4v) is 1.85. The molecule has 0 heterocycles. The molecule has 5 heteroatoms. The number of carboxylic acids is 1. The molecule has 2 N–H and O–H groups in total. The Morgan fingerprint density at radius 2 is 2.12 bits per heavy atom. The fraction of sp³-hybridized carbons (Fsp3) is 0.818. The van der Waals surface area contributed by atoms with Crippen molar-refractivity contribution in [2.45, 2.75) is 45.3 Å². The monoisotopic (exact) mass is 229 g/mol. The Morgan fingerprint density at radius 3 is 2.62 bits per heavy atom. The maximum absolute atomic E-state index is 11.4. The highest BCUT2D eigenvalue weighted by molar-refractivity contribution is 5.78. The minimum absolute atomic E-state index is 0.00985. The van der Waals surface area contributed by atoms with E-state index in [1.807, 2.05) is 13.8 Å². The van der Waals surface area contributed by atoms with E-state index in [2.05, 4.69) is 5.32 Å². The Balaban J connectivity index is 2.23. The number of ether oxygens (including phenoxy) is 1. The minimum atomic E-state index is -0.768. The van der Waals surface area contributed by atoms with Gasteiger partial charge in [0.15, 0.2) is 0 Å². The van der Waals surface area contributed by atoms with Crippen molar-refractivity contribution in [3.05, 3.63) is 0 Å². The normalized spacial score (nSPS) is 24.7. The Labute approximate surface area is 95.2 Å². The summed E-state index contributed by atoms with van der Waals surface area (Å²) < 4.78 is 5.16. The van der Waals surface area contributed by atoms with E-state index in [4.69, 9.17) is 9.84 Å². The summed E-state index contributed by atoms with van der Waals surface area (Å²) in [5.74, 6) is -1.24. The van der Waals surface area contributed by atoms with Crippen molar-refractivity contribution in [1.29, 1.82) is 0 Å². The van der Waals surface area contributed by atoms with Crippen LogP contribution in [0, 0.1) is 5.92 Å². The molecule has 5 nitrogen and oxygen atoms in total. The van der Waals surface area contributed by atoms with Gasteiger partial charge in [0.25, 0.3) is 0 Å². The topological polar surface area (TPSA) is 75.6 Å². The molecule has 1 saturated carbocycles. The predicted octanol–water partition coefficient (Wildman–Crippen LogP) is 0.781. The number of amides is 1. The molecule has 0 bridgehead atoms. The molecule has 1 fully saturated rings. The Bertz CT molecular complexity index is 265. The molecule has 1 aliphatic carbocycles. The van der Waals surface area contributed by atoms with Crippen LogP contribution >= 0.6 is 0 Å². The van der Waals surface area contributed by atoms with Gasteiger partial charge in [0.05, 0.1) is 12.0 Å². The highest BCUT2D eigenvalue weighted by Gasteiger charge is 2.30. The fourth-order valence-electron chi connectivity index (χ4n) is 1.85. The van der Waals surface area contributed by atoms with Crippen LogP contribution in [0.3, 0.4) is 0 Å². The summed E-state index contributed by atoms with van der Waals surface area (Å²) in [6.07, 6.45) is 1.94. The highest BCUT2D eigenvalue weighted by Crippen LogP contribution is 2.25. The molecule has 0 aliphatic heterocycles. The number of carboxylic acid groups (broad SMARTS) is 1. The summed E-state index contributed by atoms with van der Waals surface area (Å²) in [4.78, 5) is 22.1. The predicted molar refractivity (Wildman–Crippen MR) is 58.0 cm³/mol. The molecule has 0 aromatic heterocycles. The summed E-state index contributed by atoms with van der Waals surface area (Å²) in [6.45, 7) is 3.78. The summed E-state index contributed by atoms with van der Waals surface area (Å²) in [7, 11) is 0. The summed E-state index contributed by atoms with van der Waals surface area (Å²) in [5.41, 5.74) is 0. The molecule has 1 rings (SSSR count). The Morgan fingerprint density at radius 1 is 1.44 bits per heavy atom. The lowest BCUT2D eigenvalue weighted by atomic mass is 10.1. The van der Waals surface area contributed by atoms with E-state index in [0.29, 0.717) is 12.8 Å². The molecule has 2 atom stereocenters. The van der Waals surface area contributed by atoms with Crippen molar-refractivity contribution in [2.75, 3.05) is 6.61 Å². The first kappa shape index (κ1) is 13.0. The Kier molecular flexibility index (Phi) is 4.73. The van der Waals surface area contributed by atoms with Gasteiger partial charge in [0, 0.05) is 6.04 Å². The number of carbonyl (C=O) groups excluding carboxylic acids is 1. The van der Waals surface area contributed by atoms with Gasteiger partial charge in [-0.2, -0.15) is 0 Å². The molecule has 1 amide bonds. The lowest BCUT2D eigenvalue weighted by Crippen LogP contribution is -2.36. The molecule has 0 unspecified atom stereocenters. The van der Waals surface area contributed by atoms with E-state index in [1.165, 1.54) is 0 Å². The number of aliphatic carboxylic acids is 1. The third-order valence-corrected chi connectivity index (χ3v) is 2.69.